The van der Waals surface area contributed by atoms with Crippen LogP contribution >= 0.6 is 0 Å². The smallest absolute Gasteiger partial charge is 0.366 e. The Kier molecular flexibility index (Phi) is 4.53. The van der Waals surface area contributed by atoms with E-state index in [1.54, 1.807) is 0 Å². The van der Waals surface area contributed by atoms with Gasteiger partial charge in [-0.15, -0.1) is 0 Å². The van der Waals surface area contributed by atoms with Gasteiger partial charge in [0.25, 0.3) is 0 Å². The Morgan fingerprint density at radius 1 is 1.48 bits per heavy atom. The van der Waals surface area contributed by atoms with Gasteiger partial charge < -0.3 is 11.1 Å². The first-order chi connectivity index (χ1) is 9.77. The van der Waals surface area contributed by atoms with Crippen LogP contribution in [0.2, 0.25) is 0 Å². The highest BCUT2D eigenvalue weighted by atomic mass is 19.4. The van der Waals surface area contributed by atoms with E-state index in [4.69, 9.17) is 5.73 Å². The number of nitrogens with two attached hydrogens (primary N) is 1. The minimum Gasteiger partial charge on any atom is -0.366 e. The Bertz CT molecular complexity index is 531. The van der Waals surface area contributed by atoms with Gasteiger partial charge in [0.05, 0.1) is 5.56 Å². The average Bonchev–Trinajstić information content (AvgIpc) is 2.37. The number of alkyl halides is 3. The summed E-state index contributed by atoms with van der Waals surface area (Å²) in [6, 6.07) is 3.77. The maximum Gasteiger partial charge on any atom is 0.416 e. The third kappa shape index (κ3) is 3.95. The molecule has 1 amide bonds. The van der Waals surface area contributed by atoms with Crippen molar-refractivity contribution in [3.8, 4) is 0 Å². The van der Waals surface area contributed by atoms with Gasteiger partial charge in [-0.2, -0.15) is 13.2 Å². The number of hydrogen-bond acceptors (Lipinski definition) is 3. The Morgan fingerprint density at radius 2 is 2.19 bits per heavy atom. The number of carbonyl (C=O) groups excluding carboxylic acids is 1. The molecule has 0 aliphatic carbocycles. The van der Waals surface area contributed by atoms with E-state index in [9.17, 15) is 18.0 Å². The molecule has 7 heteroatoms. The molecule has 1 aliphatic heterocycles. The fourth-order valence-corrected chi connectivity index (χ4v) is 2.53. The second-order valence-electron chi connectivity index (χ2n) is 5.32. The molecule has 1 saturated heterocycles. The van der Waals surface area contributed by atoms with E-state index in [1.807, 2.05) is 11.8 Å². The van der Waals surface area contributed by atoms with E-state index >= 15 is 0 Å². The van der Waals surface area contributed by atoms with Crippen LogP contribution in [-0.2, 0) is 12.7 Å². The van der Waals surface area contributed by atoms with Gasteiger partial charge in [-0.05, 0) is 24.6 Å². The first-order valence-corrected chi connectivity index (χ1v) is 6.73. The molecule has 1 aromatic rings. The Balaban J connectivity index is 2.27. The van der Waals surface area contributed by atoms with Crippen molar-refractivity contribution in [1.29, 1.82) is 0 Å². The molecule has 116 valence electrons. The van der Waals surface area contributed by atoms with Crippen LogP contribution in [0.25, 0.3) is 0 Å². The summed E-state index contributed by atoms with van der Waals surface area (Å²) in [6.45, 7) is 4.34. The monoisotopic (exact) mass is 301 g/mol. The van der Waals surface area contributed by atoms with Gasteiger partial charge >= 0.3 is 6.18 Å². The number of nitrogens with zero attached hydrogens (tertiary/aromatic N) is 1. The number of halogens is 3. The standard InChI is InChI=1S/C14H18F3N3O/c1-9-7-20(5-4-19-9)8-11-3-2-10(13(18)21)6-12(11)14(15,16)17/h2-3,6,9,19H,4-5,7-8H2,1H3,(H2,18,21)/t9-/m0/s1. The van der Waals surface area contributed by atoms with Gasteiger partial charge in [-0.1, -0.05) is 6.07 Å². The molecule has 1 atom stereocenters. The number of carbonyl (C=O) groups is 1. The number of amides is 1. The fourth-order valence-electron chi connectivity index (χ4n) is 2.53. The molecule has 21 heavy (non-hydrogen) atoms. The molecule has 0 radical (unpaired) electrons. The number of primary amides is 1. The first-order valence-electron chi connectivity index (χ1n) is 6.73. The lowest BCUT2D eigenvalue weighted by Gasteiger charge is -2.32. The third-order valence-electron chi connectivity index (χ3n) is 3.55. The summed E-state index contributed by atoms with van der Waals surface area (Å²) in [4.78, 5) is 13.0. The average molecular weight is 301 g/mol. The zero-order valence-electron chi connectivity index (χ0n) is 11.7. The lowest BCUT2D eigenvalue weighted by Crippen LogP contribution is -2.48. The van der Waals surface area contributed by atoms with E-state index < -0.39 is 17.6 Å². The summed E-state index contributed by atoms with van der Waals surface area (Å²) in [7, 11) is 0. The molecular formula is C14H18F3N3O. The van der Waals surface area contributed by atoms with Crippen LogP contribution in [0.5, 0.6) is 0 Å². The molecule has 0 unspecified atom stereocenters. The van der Waals surface area contributed by atoms with Crippen molar-refractivity contribution in [3.05, 3.63) is 34.9 Å². The van der Waals surface area contributed by atoms with Crippen LogP contribution in [0, 0.1) is 0 Å². The number of piperazine rings is 1. The zero-order chi connectivity index (χ0) is 15.6. The lowest BCUT2D eigenvalue weighted by atomic mass is 10.0. The molecule has 0 aromatic heterocycles. The van der Waals surface area contributed by atoms with Gasteiger partial charge in [-0.25, -0.2) is 0 Å². The molecule has 1 heterocycles. The van der Waals surface area contributed by atoms with Crippen molar-refractivity contribution in [2.45, 2.75) is 25.7 Å². The lowest BCUT2D eigenvalue weighted by molar-refractivity contribution is -0.138. The van der Waals surface area contributed by atoms with Crippen LogP contribution in [0.1, 0.15) is 28.4 Å². The summed E-state index contributed by atoms with van der Waals surface area (Å²) >= 11 is 0. The quantitative estimate of drug-likeness (QED) is 0.891. The number of benzene rings is 1. The second kappa shape index (κ2) is 6.03. The summed E-state index contributed by atoms with van der Waals surface area (Å²) in [5.41, 5.74) is 4.31. The molecule has 4 nitrogen and oxygen atoms in total. The maximum atomic E-state index is 13.1. The van der Waals surface area contributed by atoms with Crippen LogP contribution in [0.3, 0.4) is 0 Å². The molecule has 0 spiro atoms. The van der Waals surface area contributed by atoms with Crippen LogP contribution in [0.4, 0.5) is 13.2 Å². The summed E-state index contributed by atoms with van der Waals surface area (Å²) in [6.07, 6.45) is -4.50. The highest BCUT2D eigenvalue weighted by molar-refractivity contribution is 5.93. The van der Waals surface area contributed by atoms with Gasteiger partial charge in [-0.3, -0.25) is 9.69 Å². The SMILES string of the molecule is C[C@H]1CN(Cc2ccc(C(N)=O)cc2C(F)(F)F)CCN1. The molecule has 1 aliphatic rings. The van der Waals surface area contributed by atoms with Crippen LogP contribution < -0.4 is 11.1 Å². The van der Waals surface area contributed by atoms with E-state index in [0.717, 1.165) is 12.6 Å². The Labute approximate surface area is 121 Å². The number of hydrogen-bond donors (Lipinski definition) is 2. The van der Waals surface area contributed by atoms with Crippen molar-refractivity contribution in [2.75, 3.05) is 19.6 Å². The zero-order valence-corrected chi connectivity index (χ0v) is 11.7. The summed E-state index contributed by atoms with van der Waals surface area (Å²) < 4.78 is 39.4. The predicted octanol–water partition coefficient (Wildman–Crippen LogP) is 1.60. The molecular weight excluding hydrogens is 283 g/mol. The van der Waals surface area contributed by atoms with Crippen molar-refractivity contribution in [2.24, 2.45) is 5.73 Å². The first kappa shape index (κ1) is 15.8. The van der Waals surface area contributed by atoms with Crippen LogP contribution in [0.15, 0.2) is 18.2 Å². The van der Waals surface area contributed by atoms with Crippen molar-refractivity contribution >= 4 is 5.91 Å². The largest absolute Gasteiger partial charge is 0.416 e. The van der Waals surface area contributed by atoms with Gasteiger partial charge in [0.1, 0.15) is 0 Å². The second-order valence-corrected chi connectivity index (χ2v) is 5.32. The maximum absolute atomic E-state index is 13.1. The molecule has 1 aromatic carbocycles. The van der Waals surface area contributed by atoms with Gasteiger partial charge in [0.2, 0.25) is 5.91 Å². The van der Waals surface area contributed by atoms with Crippen molar-refractivity contribution < 1.29 is 18.0 Å². The van der Waals surface area contributed by atoms with Crippen molar-refractivity contribution in [3.63, 3.8) is 0 Å². The Hall–Kier alpha value is -1.60. The fraction of sp³-hybridized carbons (Fsp3) is 0.500. The van der Waals surface area contributed by atoms with Gasteiger partial charge in [0, 0.05) is 37.8 Å². The highest BCUT2D eigenvalue weighted by Gasteiger charge is 2.34. The predicted molar refractivity (Wildman–Crippen MR) is 72.7 cm³/mol. The van der Waals surface area contributed by atoms with Crippen LogP contribution in [-0.4, -0.2) is 36.5 Å². The topological polar surface area (TPSA) is 58.4 Å². The molecule has 3 N–H and O–H groups in total. The molecule has 2 rings (SSSR count). The van der Waals surface area contributed by atoms with E-state index in [0.29, 0.717) is 13.1 Å². The van der Waals surface area contributed by atoms with E-state index in [2.05, 4.69) is 5.32 Å². The minimum absolute atomic E-state index is 0.125. The molecule has 0 bridgehead atoms. The summed E-state index contributed by atoms with van der Waals surface area (Å²) in [5, 5.41) is 3.24. The van der Waals surface area contributed by atoms with Crippen molar-refractivity contribution in [1.82, 2.24) is 10.2 Å². The minimum atomic E-state index is -4.50. The highest BCUT2D eigenvalue weighted by Crippen LogP contribution is 2.33. The third-order valence-corrected chi connectivity index (χ3v) is 3.55. The molecule has 0 saturated carbocycles. The Morgan fingerprint density at radius 3 is 2.76 bits per heavy atom. The van der Waals surface area contributed by atoms with E-state index in [-0.39, 0.29) is 23.7 Å². The molecule has 1 fully saturated rings. The number of rotatable bonds is 3. The van der Waals surface area contributed by atoms with Gasteiger partial charge in [0.15, 0.2) is 0 Å². The van der Waals surface area contributed by atoms with E-state index in [1.165, 1.54) is 12.1 Å². The number of nitrogens with one attached hydrogen (secondary N) is 1. The summed E-state index contributed by atoms with van der Waals surface area (Å²) in [5.74, 6) is -0.858. The normalized spacial score (nSPS) is 20.5.